The van der Waals surface area contributed by atoms with E-state index in [1.165, 1.54) is 4.31 Å². The van der Waals surface area contributed by atoms with Crippen LogP contribution in [0.5, 0.6) is 0 Å². The van der Waals surface area contributed by atoms with E-state index in [4.69, 9.17) is 16.6 Å². The Hall–Kier alpha value is -3.13. The maximum absolute atomic E-state index is 12.3. The molecule has 1 fully saturated rings. The highest BCUT2D eigenvalue weighted by Gasteiger charge is 2.31. The lowest BCUT2D eigenvalue weighted by molar-refractivity contribution is 0.476. The van der Waals surface area contributed by atoms with E-state index in [9.17, 15) is 16.8 Å². The highest BCUT2D eigenvalue weighted by atomic mass is 35.5. The summed E-state index contributed by atoms with van der Waals surface area (Å²) in [7, 11) is -6.68. The van der Waals surface area contributed by atoms with Crippen molar-refractivity contribution in [2.75, 3.05) is 35.1 Å². The number of nitrogens with one attached hydrogen (secondary N) is 3. The number of anilines is 2. The Morgan fingerprint density at radius 3 is 2.60 bits per heavy atom. The SMILES string of the molecule is CCS(=O)(=O)N1CCC(Nc2c(Cl)cnc3[nH]c(-c4cc(C)n(-c5cc(NS(C)(=O)=O)ccc5C)c4C)nc23)C1. The van der Waals surface area contributed by atoms with Gasteiger partial charge in [-0.15, -0.1) is 0 Å². The number of aromatic amines is 1. The summed E-state index contributed by atoms with van der Waals surface area (Å²) in [4.78, 5) is 12.6. The summed E-state index contributed by atoms with van der Waals surface area (Å²) < 4.78 is 54.3. The molecule has 3 aromatic heterocycles. The Labute approximate surface area is 239 Å². The van der Waals surface area contributed by atoms with Crippen LogP contribution in [0, 0.1) is 20.8 Å². The number of aryl methyl sites for hydroxylation is 2. The van der Waals surface area contributed by atoms with Crippen molar-refractivity contribution < 1.29 is 16.8 Å². The molecule has 1 saturated heterocycles. The van der Waals surface area contributed by atoms with E-state index in [1.54, 1.807) is 19.2 Å². The van der Waals surface area contributed by atoms with Crippen LogP contribution in [0.1, 0.15) is 30.3 Å². The zero-order valence-electron chi connectivity index (χ0n) is 22.9. The van der Waals surface area contributed by atoms with Gasteiger partial charge in [0.05, 0.1) is 40.3 Å². The van der Waals surface area contributed by atoms with Crippen LogP contribution in [0.3, 0.4) is 0 Å². The molecule has 1 atom stereocenters. The molecule has 40 heavy (non-hydrogen) atoms. The molecule has 14 heteroatoms. The van der Waals surface area contributed by atoms with Gasteiger partial charge in [-0.25, -0.2) is 26.8 Å². The van der Waals surface area contributed by atoms with Gasteiger partial charge in [-0.1, -0.05) is 17.7 Å². The fourth-order valence-electron chi connectivity index (χ4n) is 5.18. The third kappa shape index (κ3) is 5.42. The minimum Gasteiger partial charge on any atom is -0.378 e. The van der Waals surface area contributed by atoms with Crippen molar-refractivity contribution in [2.24, 2.45) is 0 Å². The van der Waals surface area contributed by atoms with Gasteiger partial charge in [0, 0.05) is 36.1 Å². The molecule has 1 aromatic carbocycles. The molecule has 11 nitrogen and oxygen atoms in total. The summed E-state index contributed by atoms with van der Waals surface area (Å²) in [6.07, 6.45) is 3.33. The van der Waals surface area contributed by atoms with Gasteiger partial charge in [0.25, 0.3) is 0 Å². The molecule has 4 heterocycles. The van der Waals surface area contributed by atoms with Crippen molar-refractivity contribution in [1.82, 2.24) is 23.8 Å². The van der Waals surface area contributed by atoms with Gasteiger partial charge in [-0.3, -0.25) is 4.72 Å². The lowest BCUT2D eigenvalue weighted by atomic mass is 10.1. The fraction of sp³-hybridized carbons (Fsp3) is 0.385. The second kappa shape index (κ2) is 10.4. The maximum atomic E-state index is 12.3. The Kier molecular flexibility index (Phi) is 7.36. The van der Waals surface area contributed by atoms with Crippen LogP contribution in [-0.4, -0.2) is 71.8 Å². The first-order chi connectivity index (χ1) is 18.8. The van der Waals surface area contributed by atoms with Gasteiger partial charge in [-0.2, -0.15) is 4.31 Å². The van der Waals surface area contributed by atoms with Crippen molar-refractivity contribution in [2.45, 2.75) is 40.2 Å². The van der Waals surface area contributed by atoms with Crippen molar-refractivity contribution >= 4 is 54.2 Å². The second-order valence-corrected chi connectivity index (χ2v) is 14.6. The minimum atomic E-state index is -3.42. The number of aromatic nitrogens is 4. The average Bonchev–Trinajstić information content (AvgIpc) is 3.59. The molecule has 5 rings (SSSR count). The van der Waals surface area contributed by atoms with E-state index in [0.29, 0.717) is 52.9 Å². The third-order valence-electron chi connectivity index (χ3n) is 7.16. The maximum Gasteiger partial charge on any atom is 0.229 e. The largest absolute Gasteiger partial charge is 0.378 e. The Balaban J connectivity index is 1.51. The molecule has 1 unspecified atom stereocenters. The normalized spacial score (nSPS) is 16.6. The molecule has 0 bridgehead atoms. The lowest BCUT2D eigenvalue weighted by Crippen LogP contribution is -2.32. The number of benzene rings is 1. The summed E-state index contributed by atoms with van der Waals surface area (Å²) >= 11 is 6.55. The van der Waals surface area contributed by atoms with Gasteiger partial charge < -0.3 is 14.9 Å². The van der Waals surface area contributed by atoms with Gasteiger partial charge in [0.2, 0.25) is 20.0 Å². The van der Waals surface area contributed by atoms with E-state index in [0.717, 1.165) is 34.5 Å². The number of sulfonamides is 2. The second-order valence-electron chi connectivity index (χ2n) is 10.1. The van der Waals surface area contributed by atoms with Crippen molar-refractivity contribution in [3.05, 3.63) is 52.4 Å². The first kappa shape index (κ1) is 28.4. The number of halogens is 1. The highest BCUT2D eigenvalue weighted by Crippen LogP contribution is 2.35. The number of imidazole rings is 1. The molecule has 1 aliphatic heterocycles. The van der Waals surface area contributed by atoms with Gasteiger partial charge >= 0.3 is 0 Å². The van der Waals surface area contributed by atoms with Crippen LogP contribution >= 0.6 is 11.6 Å². The predicted molar refractivity (Wildman–Crippen MR) is 159 cm³/mol. The molecule has 0 saturated carbocycles. The quantitative estimate of drug-likeness (QED) is 0.273. The highest BCUT2D eigenvalue weighted by molar-refractivity contribution is 7.92. The molecule has 214 valence electrons. The first-order valence-electron chi connectivity index (χ1n) is 12.8. The van der Waals surface area contributed by atoms with E-state index >= 15 is 0 Å². The zero-order chi connectivity index (χ0) is 29.0. The van der Waals surface area contributed by atoms with Crippen molar-refractivity contribution in [3.63, 3.8) is 0 Å². The molecule has 3 N–H and O–H groups in total. The summed E-state index contributed by atoms with van der Waals surface area (Å²) in [5.74, 6) is 0.677. The van der Waals surface area contributed by atoms with Crippen LogP contribution in [0.2, 0.25) is 5.02 Å². The number of hydrogen-bond donors (Lipinski definition) is 3. The van der Waals surface area contributed by atoms with Crippen LogP contribution in [0.25, 0.3) is 28.2 Å². The van der Waals surface area contributed by atoms with Crippen LogP contribution in [0.4, 0.5) is 11.4 Å². The topological polar surface area (TPSA) is 142 Å². The Morgan fingerprint density at radius 1 is 1.15 bits per heavy atom. The molecular formula is C26H32ClN7O4S2. The average molecular weight is 606 g/mol. The van der Waals surface area contributed by atoms with Gasteiger partial charge in [0.15, 0.2) is 5.65 Å². The smallest absolute Gasteiger partial charge is 0.229 e. The van der Waals surface area contributed by atoms with E-state index in [2.05, 4.69) is 24.6 Å². The summed E-state index contributed by atoms with van der Waals surface area (Å²) in [6.45, 7) is 8.39. The molecule has 1 aliphatic rings. The minimum absolute atomic E-state index is 0.0686. The number of nitrogens with zero attached hydrogens (tertiary/aromatic N) is 4. The number of pyridine rings is 1. The fourth-order valence-corrected chi connectivity index (χ4v) is 7.09. The zero-order valence-corrected chi connectivity index (χ0v) is 25.3. The molecule has 0 amide bonds. The van der Waals surface area contributed by atoms with Crippen LogP contribution < -0.4 is 10.0 Å². The van der Waals surface area contributed by atoms with Crippen molar-refractivity contribution in [1.29, 1.82) is 0 Å². The van der Waals surface area contributed by atoms with E-state index in [1.807, 2.05) is 39.0 Å². The number of hydrogen-bond acceptors (Lipinski definition) is 7. The summed E-state index contributed by atoms with van der Waals surface area (Å²) in [5.41, 5.74) is 6.76. The van der Waals surface area contributed by atoms with Gasteiger partial charge in [0.1, 0.15) is 11.3 Å². The molecule has 4 aromatic rings. The number of rotatable bonds is 8. The molecular weight excluding hydrogens is 574 g/mol. The summed E-state index contributed by atoms with van der Waals surface area (Å²) in [6, 6.07) is 7.33. The molecule has 0 aliphatic carbocycles. The Bertz CT molecular complexity index is 1830. The van der Waals surface area contributed by atoms with E-state index in [-0.39, 0.29) is 11.8 Å². The molecule has 0 spiro atoms. The predicted octanol–water partition coefficient (Wildman–Crippen LogP) is 4.20. The number of fused-ring (bicyclic) bond motifs is 1. The lowest BCUT2D eigenvalue weighted by Gasteiger charge is -2.17. The van der Waals surface area contributed by atoms with Crippen molar-refractivity contribution in [3.8, 4) is 17.1 Å². The van der Waals surface area contributed by atoms with Crippen LogP contribution in [0.15, 0.2) is 30.5 Å². The van der Waals surface area contributed by atoms with E-state index < -0.39 is 20.0 Å². The van der Waals surface area contributed by atoms with Crippen LogP contribution in [-0.2, 0) is 20.0 Å². The third-order valence-corrected chi connectivity index (χ3v) is 9.91. The van der Waals surface area contributed by atoms with Gasteiger partial charge in [-0.05, 0) is 57.9 Å². The number of H-pyrrole nitrogens is 1. The Morgan fingerprint density at radius 2 is 1.90 bits per heavy atom. The molecule has 0 radical (unpaired) electrons. The standard InChI is InChI=1S/C26H32ClN7O4S2/c1-6-40(37,38)33-10-9-19(14-33)29-23-21(27)13-28-26-24(23)30-25(31-26)20-11-16(3)34(17(20)4)22-12-18(8-7-15(22)2)32-39(5,35)36/h7-8,11-13,19,32H,6,9-10,14H2,1-5H3,(H2,28,29,30,31). The first-order valence-corrected chi connectivity index (χ1v) is 16.7. The monoisotopic (exact) mass is 605 g/mol. The summed E-state index contributed by atoms with van der Waals surface area (Å²) in [5, 5.41) is 3.81.